The molecule has 0 spiro atoms. The zero-order valence-corrected chi connectivity index (χ0v) is 12.6. The van der Waals surface area contributed by atoms with Gasteiger partial charge in [0.15, 0.2) is 5.78 Å². The molecular formula is C13H23NO4S. The number of nitrogens with one attached hydrogen (secondary N) is 1. The van der Waals surface area contributed by atoms with Crippen molar-refractivity contribution in [1.29, 1.82) is 0 Å². The van der Waals surface area contributed by atoms with Gasteiger partial charge >= 0.3 is 0 Å². The zero-order chi connectivity index (χ0) is 14.4. The van der Waals surface area contributed by atoms with E-state index in [0.29, 0.717) is 12.4 Å². The molecule has 1 N–H and O–H groups in total. The molecule has 0 radical (unpaired) electrons. The van der Waals surface area contributed by atoms with Crippen molar-refractivity contribution in [2.24, 2.45) is 5.92 Å². The van der Waals surface area contributed by atoms with E-state index in [1.54, 1.807) is 0 Å². The number of hydrogen-bond donors (Lipinski definition) is 1. The summed E-state index contributed by atoms with van der Waals surface area (Å²) < 4.78 is 17.2. The van der Waals surface area contributed by atoms with Crippen molar-refractivity contribution >= 4 is 22.5 Å². The normalized spacial score (nSPS) is 22.2. The summed E-state index contributed by atoms with van der Waals surface area (Å²) >= 11 is 0. The molecule has 1 saturated heterocycles. The first-order chi connectivity index (χ1) is 8.90. The van der Waals surface area contributed by atoms with Crippen LogP contribution in [0.15, 0.2) is 0 Å². The summed E-state index contributed by atoms with van der Waals surface area (Å²) in [4.78, 5) is 23.1. The molecule has 0 bridgehead atoms. The Hall–Kier alpha value is -0.750. The second kappa shape index (κ2) is 7.75. The average Bonchev–Trinajstić information content (AvgIpc) is 2.77. The SMILES string of the molecule is CC(=O)C(NC(=O)CS(=O)CC1CCCO1)C(C)C. The lowest BCUT2D eigenvalue weighted by atomic mass is 10.0. The number of Topliss-reactive ketones (excluding diaryl/α,β-unsaturated/α-hetero) is 1. The maximum atomic E-state index is 11.8. The van der Waals surface area contributed by atoms with Crippen LogP contribution in [0.4, 0.5) is 0 Å². The van der Waals surface area contributed by atoms with E-state index in [4.69, 9.17) is 4.74 Å². The fourth-order valence-corrected chi connectivity index (χ4v) is 3.31. The standard InChI is InChI=1S/C13H23NO4S/c1-9(2)13(10(3)15)14-12(16)8-19(17)7-11-5-4-6-18-11/h9,11,13H,4-8H2,1-3H3,(H,14,16). The monoisotopic (exact) mass is 289 g/mol. The quantitative estimate of drug-likeness (QED) is 0.746. The molecule has 5 nitrogen and oxygen atoms in total. The fourth-order valence-electron chi connectivity index (χ4n) is 2.14. The van der Waals surface area contributed by atoms with Crippen molar-refractivity contribution in [3.63, 3.8) is 0 Å². The molecule has 3 atom stereocenters. The topological polar surface area (TPSA) is 72.5 Å². The van der Waals surface area contributed by atoms with Crippen molar-refractivity contribution in [2.45, 2.75) is 45.8 Å². The van der Waals surface area contributed by atoms with Crippen LogP contribution >= 0.6 is 0 Å². The van der Waals surface area contributed by atoms with Crippen LogP contribution in [0.5, 0.6) is 0 Å². The highest BCUT2D eigenvalue weighted by Gasteiger charge is 2.23. The van der Waals surface area contributed by atoms with E-state index in [2.05, 4.69) is 5.32 Å². The Morgan fingerprint density at radius 3 is 2.58 bits per heavy atom. The van der Waals surface area contributed by atoms with Crippen LogP contribution in [0.2, 0.25) is 0 Å². The van der Waals surface area contributed by atoms with Gasteiger partial charge in [-0.3, -0.25) is 13.8 Å². The Labute approximate surface area is 116 Å². The molecule has 19 heavy (non-hydrogen) atoms. The van der Waals surface area contributed by atoms with Crippen molar-refractivity contribution in [2.75, 3.05) is 18.1 Å². The van der Waals surface area contributed by atoms with Crippen molar-refractivity contribution < 1.29 is 18.5 Å². The van der Waals surface area contributed by atoms with Gasteiger partial charge in [0.05, 0.1) is 17.9 Å². The summed E-state index contributed by atoms with van der Waals surface area (Å²) in [6.07, 6.45) is 1.92. The summed E-state index contributed by atoms with van der Waals surface area (Å²) in [5.41, 5.74) is 0. The number of hydrogen-bond acceptors (Lipinski definition) is 4. The molecule has 6 heteroatoms. The van der Waals surface area contributed by atoms with Crippen LogP contribution in [0.1, 0.15) is 33.6 Å². The molecule has 3 unspecified atom stereocenters. The van der Waals surface area contributed by atoms with E-state index < -0.39 is 16.8 Å². The smallest absolute Gasteiger partial charge is 0.233 e. The minimum Gasteiger partial charge on any atom is -0.377 e. The second-order valence-electron chi connectivity index (χ2n) is 5.29. The molecule has 1 amide bonds. The zero-order valence-electron chi connectivity index (χ0n) is 11.8. The van der Waals surface area contributed by atoms with Gasteiger partial charge in [0, 0.05) is 17.4 Å². The third-order valence-corrected chi connectivity index (χ3v) is 4.44. The Kier molecular flexibility index (Phi) is 6.65. The molecule has 1 heterocycles. The Morgan fingerprint density at radius 1 is 1.42 bits per heavy atom. The van der Waals surface area contributed by atoms with Crippen LogP contribution in [0.25, 0.3) is 0 Å². The van der Waals surface area contributed by atoms with Gasteiger partial charge in [-0.15, -0.1) is 0 Å². The van der Waals surface area contributed by atoms with Gasteiger partial charge in [0.25, 0.3) is 0 Å². The molecule has 1 fully saturated rings. The third-order valence-electron chi connectivity index (χ3n) is 3.11. The van der Waals surface area contributed by atoms with Crippen molar-refractivity contribution in [3.8, 4) is 0 Å². The van der Waals surface area contributed by atoms with Crippen LogP contribution < -0.4 is 5.32 Å². The van der Waals surface area contributed by atoms with Crippen LogP contribution in [-0.4, -0.2) is 46.2 Å². The van der Waals surface area contributed by atoms with Gasteiger partial charge in [0.2, 0.25) is 5.91 Å². The van der Waals surface area contributed by atoms with E-state index >= 15 is 0 Å². The number of carbonyl (C=O) groups is 2. The number of rotatable bonds is 7. The minimum absolute atomic E-state index is 0.0161. The molecule has 1 aliphatic heterocycles. The van der Waals surface area contributed by atoms with Gasteiger partial charge in [-0.25, -0.2) is 0 Å². The predicted molar refractivity (Wildman–Crippen MR) is 74.3 cm³/mol. The molecule has 0 aromatic rings. The van der Waals surface area contributed by atoms with Gasteiger partial charge < -0.3 is 10.1 Å². The first-order valence-corrected chi connectivity index (χ1v) is 8.15. The summed E-state index contributed by atoms with van der Waals surface area (Å²) in [6.45, 7) is 5.91. The first kappa shape index (κ1) is 16.3. The van der Waals surface area contributed by atoms with Crippen LogP contribution in [0, 0.1) is 5.92 Å². The average molecular weight is 289 g/mol. The van der Waals surface area contributed by atoms with Gasteiger partial charge in [-0.1, -0.05) is 13.8 Å². The summed E-state index contributed by atoms with van der Waals surface area (Å²) in [5, 5.41) is 2.65. The highest BCUT2D eigenvalue weighted by molar-refractivity contribution is 7.85. The van der Waals surface area contributed by atoms with E-state index in [-0.39, 0.29) is 29.5 Å². The Bertz CT molecular complexity index is 351. The van der Waals surface area contributed by atoms with Crippen LogP contribution in [0.3, 0.4) is 0 Å². The van der Waals surface area contributed by atoms with Crippen LogP contribution in [-0.2, 0) is 25.1 Å². The fraction of sp³-hybridized carbons (Fsp3) is 0.846. The molecule has 110 valence electrons. The Balaban J connectivity index is 2.36. The lowest BCUT2D eigenvalue weighted by Gasteiger charge is -2.19. The largest absolute Gasteiger partial charge is 0.377 e. The minimum atomic E-state index is -1.23. The second-order valence-corrected chi connectivity index (χ2v) is 6.79. The van der Waals surface area contributed by atoms with E-state index in [9.17, 15) is 13.8 Å². The molecule has 0 aromatic carbocycles. The summed E-state index contributed by atoms with van der Waals surface area (Å²) in [6, 6.07) is -0.493. The van der Waals surface area contributed by atoms with Gasteiger partial charge in [-0.05, 0) is 25.7 Å². The lowest BCUT2D eigenvalue weighted by molar-refractivity contribution is -0.126. The van der Waals surface area contributed by atoms with E-state index in [1.807, 2.05) is 13.8 Å². The van der Waals surface area contributed by atoms with Crippen molar-refractivity contribution in [3.05, 3.63) is 0 Å². The highest BCUT2D eigenvalue weighted by atomic mass is 32.2. The van der Waals surface area contributed by atoms with Crippen molar-refractivity contribution in [1.82, 2.24) is 5.32 Å². The maximum absolute atomic E-state index is 11.8. The summed E-state index contributed by atoms with van der Waals surface area (Å²) in [5.74, 6) is -0.0255. The molecule has 0 saturated carbocycles. The number of carbonyl (C=O) groups excluding carboxylic acids is 2. The highest BCUT2D eigenvalue weighted by Crippen LogP contribution is 2.13. The number of ether oxygens (including phenoxy) is 1. The third kappa shape index (κ3) is 5.82. The molecule has 0 aromatic heterocycles. The molecule has 1 rings (SSSR count). The summed E-state index contributed by atoms with van der Waals surface area (Å²) in [7, 11) is -1.23. The molecule has 0 aliphatic carbocycles. The first-order valence-electron chi connectivity index (χ1n) is 6.66. The molecular weight excluding hydrogens is 266 g/mol. The predicted octanol–water partition coefficient (Wildman–Crippen LogP) is 0.644. The molecule has 1 aliphatic rings. The van der Waals surface area contributed by atoms with E-state index in [1.165, 1.54) is 6.92 Å². The number of amides is 1. The lowest BCUT2D eigenvalue weighted by Crippen LogP contribution is -2.45. The van der Waals surface area contributed by atoms with Gasteiger partial charge in [0.1, 0.15) is 5.75 Å². The van der Waals surface area contributed by atoms with E-state index in [0.717, 1.165) is 12.8 Å². The number of ketones is 1. The Morgan fingerprint density at radius 2 is 2.11 bits per heavy atom. The van der Waals surface area contributed by atoms with Gasteiger partial charge in [-0.2, -0.15) is 0 Å². The maximum Gasteiger partial charge on any atom is 0.233 e.